The molecule has 0 bridgehead atoms. The molecule has 3 rings (SSSR count). The van der Waals surface area contributed by atoms with Gasteiger partial charge in [0.2, 0.25) is 5.91 Å². The molecule has 1 aromatic carbocycles. The summed E-state index contributed by atoms with van der Waals surface area (Å²) < 4.78 is 0. The minimum absolute atomic E-state index is 0.0378. The normalized spacial score (nSPS) is 20.5. The van der Waals surface area contributed by atoms with Gasteiger partial charge in [0.15, 0.2) is 0 Å². The Morgan fingerprint density at radius 1 is 1.04 bits per heavy atom. The van der Waals surface area contributed by atoms with Crippen LogP contribution in [0.4, 0.5) is 0 Å². The maximum Gasteiger partial charge on any atom is 0.253 e. The molecule has 25 heavy (non-hydrogen) atoms. The molecule has 1 heterocycles. The van der Waals surface area contributed by atoms with E-state index in [0.29, 0.717) is 19.0 Å². The first-order valence-electron chi connectivity index (χ1n) is 9.41. The first-order chi connectivity index (χ1) is 12.1. The number of rotatable bonds is 4. The fourth-order valence-electron chi connectivity index (χ4n) is 4.18. The summed E-state index contributed by atoms with van der Waals surface area (Å²) in [7, 11) is 1.72. The Hall–Kier alpha value is -1.88. The van der Waals surface area contributed by atoms with Crippen molar-refractivity contribution in [1.29, 1.82) is 0 Å². The molecule has 0 aromatic heterocycles. The summed E-state index contributed by atoms with van der Waals surface area (Å²) in [5, 5.41) is 2.84. The molecule has 5 heteroatoms. The molecule has 1 aliphatic carbocycles. The van der Waals surface area contributed by atoms with Crippen LogP contribution in [0.25, 0.3) is 0 Å². The molecule has 2 aliphatic rings. The van der Waals surface area contributed by atoms with Crippen molar-refractivity contribution in [3.05, 3.63) is 35.4 Å². The van der Waals surface area contributed by atoms with Crippen molar-refractivity contribution in [3.63, 3.8) is 0 Å². The summed E-state index contributed by atoms with van der Waals surface area (Å²) in [6.07, 6.45) is 4.73. The summed E-state index contributed by atoms with van der Waals surface area (Å²) in [5.74, 6) is 0.682. The molecule has 1 saturated carbocycles. The van der Waals surface area contributed by atoms with Crippen molar-refractivity contribution in [2.75, 3.05) is 33.2 Å². The number of benzene rings is 1. The third-order valence-corrected chi connectivity index (χ3v) is 5.65. The van der Waals surface area contributed by atoms with Gasteiger partial charge in [0.1, 0.15) is 0 Å². The molecule has 136 valence electrons. The third kappa shape index (κ3) is 4.03. The molecule has 2 fully saturated rings. The smallest absolute Gasteiger partial charge is 0.253 e. The van der Waals surface area contributed by atoms with E-state index in [1.54, 1.807) is 7.05 Å². The first kappa shape index (κ1) is 17.9. The molecule has 1 aliphatic heterocycles. The molecule has 0 radical (unpaired) electrons. The lowest BCUT2D eigenvalue weighted by Gasteiger charge is -2.40. The van der Waals surface area contributed by atoms with Crippen molar-refractivity contribution in [1.82, 2.24) is 15.1 Å². The van der Waals surface area contributed by atoms with Crippen LogP contribution in [0, 0.1) is 12.8 Å². The second-order valence-corrected chi connectivity index (χ2v) is 7.30. The van der Waals surface area contributed by atoms with E-state index < -0.39 is 0 Å². The Balaban J connectivity index is 1.62. The van der Waals surface area contributed by atoms with Crippen LogP contribution < -0.4 is 5.32 Å². The van der Waals surface area contributed by atoms with Gasteiger partial charge in [-0.1, -0.05) is 30.5 Å². The number of carbonyl (C=O) groups is 2. The lowest BCUT2D eigenvalue weighted by atomic mass is 9.95. The summed E-state index contributed by atoms with van der Waals surface area (Å²) in [4.78, 5) is 29.3. The first-order valence-corrected chi connectivity index (χ1v) is 9.41. The quantitative estimate of drug-likeness (QED) is 0.910. The molecule has 2 amide bonds. The van der Waals surface area contributed by atoms with E-state index in [1.165, 1.54) is 12.8 Å². The predicted molar refractivity (Wildman–Crippen MR) is 98.5 cm³/mol. The third-order valence-electron chi connectivity index (χ3n) is 5.65. The summed E-state index contributed by atoms with van der Waals surface area (Å²) in [5.41, 5.74) is 1.91. The number of hydrogen-bond donors (Lipinski definition) is 1. The average molecular weight is 343 g/mol. The zero-order chi connectivity index (χ0) is 17.8. The van der Waals surface area contributed by atoms with Crippen LogP contribution in [0.15, 0.2) is 24.3 Å². The number of aryl methyl sites for hydroxylation is 1. The Bertz CT molecular complexity index is 600. The molecule has 1 saturated heterocycles. The van der Waals surface area contributed by atoms with Crippen molar-refractivity contribution in [3.8, 4) is 0 Å². The van der Waals surface area contributed by atoms with Gasteiger partial charge in [-0.05, 0) is 37.8 Å². The van der Waals surface area contributed by atoms with Crippen molar-refractivity contribution < 1.29 is 9.59 Å². The van der Waals surface area contributed by atoms with Crippen molar-refractivity contribution >= 4 is 11.8 Å². The lowest BCUT2D eigenvalue weighted by Crippen LogP contribution is -2.57. The lowest BCUT2D eigenvalue weighted by molar-refractivity contribution is -0.128. The molecule has 0 spiro atoms. The highest BCUT2D eigenvalue weighted by Gasteiger charge is 2.36. The second-order valence-electron chi connectivity index (χ2n) is 7.30. The van der Waals surface area contributed by atoms with E-state index in [9.17, 15) is 9.59 Å². The van der Waals surface area contributed by atoms with Gasteiger partial charge >= 0.3 is 0 Å². The number of likely N-dealkylation sites (N-methyl/N-ethyl adjacent to an activating group) is 1. The fraction of sp³-hybridized carbons (Fsp3) is 0.600. The highest BCUT2D eigenvalue weighted by molar-refractivity contribution is 5.94. The van der Waals surface area contributed by atoms with Crippen molar-refractivity contribution in [2.24, 2.45) is 5.92 Å². The highest BCUT2D eigenvalue weighted by Crippen LogP contribution is 2.31. The van der Waals surface area contributed by atoms with E-state index in [1.807, 2.05) is 36.1 Å². The summed E-state index contributed by atoms with van der Waals surface area (Å²) in [6, 6.07) is 7.71. The van der Waals surface area contributed by atoms with Crippen molar-refractivity contribution in [2.45, 2.75) is 38.6 Å². The largest absolute Gasteiger partial charge is 0.358 e. The van der Waals surface area contributed by atoms with Gasteiger partial charge in [0.05, 0.1) is 6.04 Å². The van der Waals surface area contributed by atoms with Crippen LogP contribution >= 0.6 is 0 Å². The molecule has 1 N–H and O–H groups in total. The van der Waals surface area contributed by atoms with Gasteiger partial charge in [0, 0.05) is 38.8 Å². The van der Waals surface area contributed by atoms with Gasteiger partial charge in [-0.25, -0.2) is 0 Å². The monoisotopic (exact) mass is 343 g/mol. The highest BCUT2D eigenvalue weighted by atomic mass is 16.2. The van der Waals surface area contributed by atoms with E-state index >= 15 is 0 Å². The van der Waals surface area contributed by atoms with E-state index in [4.69, 9.17) is 0 Å². The average Bonchev–Trinajstić information content (AvgIpc) is 3.16. The molecule has 1 atom stereocenters. The Morgan fingerprint density at radius 2 is 1.64 bits per heavy atom. The second kappa shape index (κ2) is 8.00. The minimum Gasteiger partial charge on any atom is -0.358 e. The molecular formula is C20H29N3O2. The molecule has 1 aromatic rings. The number of nitrogens with zero attached hydrogens (tertiary/aromatic N) is 2. The van der Waals surface area contributed by atoms with Crippen LogP contribution in [-0.4, -0.2) is 60.9 Å². The van der Waals surface area contributed by atoms with E-state index in [2.05, 4.69) is 10.2 Å². The molecular weight excluding hydrogens is 314 g/mol. The Labute approximate surface area is 150 Å². The number of hydrogen-bond acceptors (Lipinski definition) is 3. The van der Waals surface area contributed by atoms with Crippen LogP contribution in [0.5, 0.6) is 0 Å². The molecule has 0 unspecified atom stereocenters. The molecule has 5 nitrogen and oxygen atoms in total. The number of piperazine rings is 1. The van der Waals surface area contributed by atoms with Gasteiger partial charge in [0.25, 0.3) is 5.91 Å². The SMILES string of the molecule is CNC(=O)[C@H](C1CCCC1)N1CCN(C(=O)c2ccc(C)cc2)CC1. The summed E-state index contributed by atoms with van der Waals surface area (Å²) in [6.45, 7) is 4.94. The maximum absolute atomic E-state index is 12.7. The Kier molecular flexibility index (Phi) is 5.74. The van der Waals surface area contributed by atoms with Gasteiger partial charge in [-0.15, -0.1) is 0 Å². The predicted octanol–water partition coefficient (Wildman–Crippen LogP) is 2.06. The number of carbonyl (C=O) groups excluding carboxylic acids is 2. The zero-order valence-electron chi connectivity index (χ0n) is 15.3. The minimum atomic E-state index is -0.0378. The van der Waals surface area contributed by atoms with Gasteiger partial charge < -0.3 is 10.2 Å². The van der Waals surface area contributed by atoms with Crippen LogP contribution in [0.2, 0.25) is 0 Å². The fourth-order valence-corrected chi connectivity index (χ4v) is 4.18. The zero-order valence-corrected chi connectivity index (χ0v) is 15.3. The topological polar surface area (TPSA) is 52.7 Å². The maximum atomic E-state index is 12.7. The van der Waals surface area contributed by atoms with Crippen LogP contribution in [0.1, 0.15) is 41.6 Å². The standard InChI is InChI=1S/C20H29N3O2/c1-15-7-9-17(10-8-15)20(25)23-13-11-22(12-14-23)18(19(24)21-2)16-5-3-4-6-16/h7-10,16,18H,3-6,11-14H2,1-2H3,(H,21,24)/t18-/m0/s1. The van der Waals surface area contributed by atoms with Crippen LogP contribution in [-0.2, 0) is 4.79 Å². The number of nitrogens with one attached hydrogen (secondary N) is 1. The van der Waals surface area contributed by atoms with E-state index in [-0.39, 0.29) is 17.9 Å². The van der Waals surface area contributed by atoms with E-state index in [0.717, 1.165) is 37.1 Å². The Morgan fingerprint density at radius 3 is 2.20 bits per heavy atom. The van der Waals surface area contributed by atoms with Gasteiger partial charge in [-0.3, -0.25) is 14.5 Å². The van der Waals surface area contributed by atoms with Gasteiger partial charge in [-0.2, -0.15) is 0 Å². The van der Waals surface area contributed by atoms with Crippen LogP contribution in [0.3, 0.4) is 0 Å². The number of amides is 2. The summed E-state index contributed by atoms with van der Waals surface area (Å²) >= 11 is 0.